The predicted octanol–water partition coefficient (Wildman–Crippen LogP) is 5.88. The van der Waals surface area contributed by atoms with E-state index >= 15 is 0 Å². The van der Waals surface area contributed by atoms with Crippen LogP contribution in [0.25, 0.3) is 0 Å². The molecule has 3 aromatic rings. The number of carbonyl (C=O) groups excluding carboxylic acids is 1. The SMILES string of the molecule is O=C(Nc1ccc(OCc2ccccc2)cc1)C1CCN(Cc2cccc(Br)c2)CC1. The smallest absolute Gasteiger partial charge is 0.227 e. The third-order valence-corrected chi connectivity index (χ3v) is 6.12. The Hall–Kier alpha value is -2.63. The number of amides is 1. The van der Waals surface area contributed by atoms with Gasteiger partial charge in [0, 0.05) is 22.6 Å². The fourth-order valence-electron chi connectivity index (χ4n) is 3.87. The Balaban J connectivity index is 1.22. The van der Waals surface area contributed by atoms with Gasteiger partial charge in [-0.15, -0.1) is 0 Å². The van der Waals surface area contributed by atoms with Crippen LogP contribution < -0.4 is 10.1 Å². The molecule has 0 unspecified atom stereocenters. The normalized spacial score (nSPS) is 14.9. The Bertz CT molecular complexity index is 984. The summed E-state index contributed by atoms with van der Waals surface area (Å²) in [6.07, 6.45) is 1.77. The predicted molar refractivity (Wildman–Crippen MR) is 128 cm³/mol. The Kier molecular flexibility index (Phi) is 7.39. The fraction of sp³-hybridized carbons (Fsp3) is 0.269. The van der Waals surface area contributed by atoms with Gasteiger partial charge in [-0.2, -0.15) is 0 Å². The summed E-state index contributed by atoms with van der Waals surface area (Å²) in [7, 11) is 0. The number of hydrogen-bond donors (Lipinski definition) is 1. The third kappa shape index (κ3) is 6.42. The van der Waals surface area contributed by atoms with Crippen molar-refractivity contribution in [2.45, 2.75) is 26.0 Å². The molecular weight excluding hydrogens is 452 g/mol. The van der Waals surface area contributed by atoms with Crippen LogP contribution >= 0.6 is 15.9 Å². The van der Waals surface area contributed by atoms with E-state index in [2.05, 4.69) is 44.3 Å². The van der Waals surface area contributed by atoms with E-state index in [1.54, 1.807) is 0 Å². The van der Waals surface area contributed by atoms with E-state index in [-0.39, 0.29) is 11.8 Å². The number of nitrogens with one attached hydrogen (secondary N) is 1. The van der Waals surface area contributed by atoms with E-state index in [0.29, 0.717) is 6.61 Å². The second-order valence-corrected chi connectivity index (χ2v) is 8.88. The monoisotopic (exact) mass is 478 g/mol. The summed E-state index contributed by atoms with van der Waals surface area (Å²) in [6, 6.07) is 26.1. The number of ether oxygens (including phenoxy) is 1. The molecule has 1 heterocycles. The fourth-order valence-corrected chi connectivity index (χ4v) is 4.31. The lowest BCUT2D eigenvalue weighted by atomic mass is 9.95. The Labute approximate surface area is 192 Å². The average Bonchev–Trinajstić information content (AvgIpc) is 2.80. The molecule has 5 heteroatoms. The lowest BCUT2D eigenvalue weighted by molar-refractivity contribution is -0.121. The summed E-state index contributed by atoms with van der Waals surface area (Å²) in [4.78, 5) is 15.1. The molecule has 160 valence electrons. The Morgan fingerprint density at radius 1 is 0.935 bits per heavy atom. The van der Waals surface area contributed by atoms with Gasteiger partial charge >= 0.3 is 0 Å². The number of benzene rings is 3. The molecule has 3 aromatic carbocycles. The van der Waals surface area contributed by atoms with Crippen molar-refractivity contribution < 1.29 is 9.53 Å². The summed E-state index contributed by atoms with van der Waals surface area (Å²) in [5.74, 6) is 0.968. The maximum Gasteiger partial charge on any atom is 0.227 e. The van der Waals surface area contributed by atoms with E-state index in [1.165, 1.54) is 5.56 Å². The molecule has 1 aliphatic rings. The van der Waals surface area contributed by atoms with E-state index in [1.807, 2.05) is 60.7 Å². The molecule has 0 saturated carbocycles. The summed E-state index contributed by atoms with van der Waals surface area (Å²) < 4.78 is 6.92. The number of halogens is 1. The number of nitrogens with zero attached hydrogens (tertiary/aromatic N) is 1. The van der Waals surface area contributed by atoms with Crippen LogP contribution in [0.2, 0.25) is 0 Å². The van der Waals surface area contributed by atoms with Crippen LogP contribution in [0.15, 0.2) is 83.3 Å². The Morgan fingerprint density at radius 3 is 2.35 bits per heavy atom. The van der Waals surface area contributed by atoms with Crippen LogP contribution in [0, 0.1) is 5.92 Å². The molecule has 1 amide bonds. The molecular formula is C26H27BrN2O2. The van der Waals surface area contributed by atoms with E-state index in [0.717, 1.165) is 53.9 Å². The summed E-state index contributed by atoms with van der Waals surface area (Å²) in [5.41, 5.74) is 3.24. The quantitative estimate of drug-likeness (QED) is 0.460. The third-order valence-electron chi connectivity index (χ3n) is 5.62. The molecule has 1 fully saturated rings. The zero-order chi connectivity index (χ0) is 21.5. The van der Waals surface area contributed by atoms with Gasteiger partial charge in [-0.25, -0.2) is 0 Å². The van der Waals surface area contributed by atoms with Gasteiger partial charge < -0.3 is 10.1 Å². The summed E-state index contributed by atoms with van der Waals surface area (Å²) in [5, 5.41) is 3.07. The van der Waals surface area contributed by atoms with E-state index in [9.17, 15) is 4.79 Å². The van der Waals surface area contributed by atoms with Crippen LogP contribution in [0.5, 0.6) is 5.75 Å². The second-order valence-electron chi connectivity index (χ2n) is 7.97. The minimum absolute atomic E-state index is 0.0627. The number of anilines is 1. The number of carbonyl (C=O) groups is 1. The highest BCUT2D eigenvalue weighted by atomic mass is 79.9. The zero-order valence-electron chi connectivity index (χ0n) is 17.5. The van der Waals surface area contributed by atoms with Gasteiger partial charge in [0.15, 0.2) is 0 Å². The first-order valence-corrected chi connectivity index (χ1v) is 11.5. The van der Waals surface area contributed by atoms with Crippen LogP contribution in [0.4, 0.5) is 5.69 Å². The lowest BCUT2D eigenvalue weighted by Gasteiger charge is -2.31. The molecule has 0 radical (unpaired) electrons. The van der Waals surface area contributed by atoms with Gasteiger partial charge in [0.25, 0.3) is 0 Å². The van der Waals surface area contributed by atoms with Gasteiger partial charge in [0.1, 0.15) is 12.4 Å². The molecule has 1 aliphatic heterocycles. The highest BCUT2D eigenvalue weighted by Crippen LogP contribution is 2.23. The van der Waals surface area contributed by atoms with Crippen LogP contribution in [0.3, 0.4) is 0 Å². The van der Waals surface area contributed by atoms with Gasteiger partial charge in [0.2, 0.25) is 5.91 Å². The molecule has 4 rings (SSSR count). The molecule has 0 bridgehead atoms. The Morgan fingerprint density at radius 2 is 1.65 bits per heavy atom. The van der Waals surface area contributed by atoms with Crippen molar-refractivity contribution in [1.29, 1.82) is 0 Å². The van der Waals surface area contributed by atoms with Crippen LogP contribution in [0.1, 0.15) is 24.0 Å². The van der Waals surface area contributed by atoms with Gasteiger partial charge in [-0.1, -0.05) is 58.4 Å². The highest BCUT2D eigenvalue weighted by Gasteiger charge is 2.25. The van der Waals surface area contributed by atoms with Crippen LogP contribution in [-0.2, 0) is 17.9 Å². The van der Waals surface area contributed by atoms with Crippen molar-refractivity contribution in [3.8, 4) is 5.75 Å². The maximum absolute atomic E-state index is 12.7. The minimum Gasteiger partial charge on any atom is -0.489 e. The van der Waals surface area contributed by atoms with Crippen LogP contribution in [-0.4, -0.2) is 23.9 Å². The van der Waals surface area contributed by atoms with Gasteiger partial charge in [-0.3, -0.25) is 9.69 Å². The molecule has 1 saturated heterocycles. The largest absolute Gasteiger partial charge is 0.489 e. The molecule has 31 heavy (non-hydrogen) atoms. The standard InChI is InChI=1S/C26H27BrN2O2/c27-23-8-4-7-21(17-23)18-29-15-13-22(14-16-29)26(30)28-24-9-11-25(12-10-24)31-19-20-5-2-1-3-6-20/h1-12,17,22H,13-16,18-19H2,(H,28,30). The number of likely N-dealkylation sites (tertiary alicyclic amines) is 1. The number of hydrogen-bond acceptors (Lipinski definition) is 3. The highest BCUT2D eigenvalue weighted by molar-refractivity contribution is 9.10. The molecule has 0 atom stereocenters. The van der Waals surface area contributed by atoms with Crippen molar-refractivity contribution >= 4 is 27.5 Å². The topological polar surface area (TPSA) is 41.6 Å². The van der Waals surface area contributed by atoms with Crippen molar-refractivity contribution in [3.63, 3.8) is 0 Å². The van der Waals surface area contributed by atoms with Crippen molar-refractivity contribution in [1.82, 2.24) is 4.90 Å². The maximum atomic E-state index is 12.7. The first-order valence-electron chi connectivity index (χ1n) is 10.7. The van der Waals surface area contributed by atoms with Gasteiger partial charge in [-0.05, 0) is 73.5 Å². The van der Waals surface area contributed by atoms with Crippen molar-refractivity contribution in [2.75, 3.05) is 18.4 Å². The lowest BCUT2D eigenvalue weighted by Crippen LogP contribution is -2.37. The molecule has 0 aliphatic carbocycles. The minimum atomic E-state index is 0.0627. The number of piperidine rings is 1. The van der Waals surface area contributed by atoms with E-state index < -0.39 is 0 Å². The molecule has 4 nitrogen and oxygen atoms in total. The first-order chi connectivity index (χ1) is 15.2. The summed E-state index contributed by atoms with van der Waals surface area (Å²) in [6.45, 7) is 3.34. The van der Waals surface area contributed by atoms with Crippen molar-refractivity contribution in [3.05, 3.63) is 94.5 Å². The average molecular weight is 479 g/mol. The van der Waals surface area contributed by atoms with E-state index in [4.69, 9.17) is 4.74 Å². The first kappa shape index (κ1) is 21.6. The molecule has 0 aromatic heterocycles. The molecule has 1 N–H and O–H groups in total. The summed E-state index contributed by atoms with van der Waals surface area (Å²) >= 11 is 3.53. The zero-order valence-corrected chi connectivity index (χ0v) is 19.1. The molecule has 0 spiro atoms. The van der Waals surface area contributed by atoms with Gasteiger partial charge in [0.05, 0.1) is 0 Å². The number of rotatable bonds is 7. The second kappa shape index (κ2) is 10.6. The van der Waals surface area contributed by atoms with Crippen molar-refractivity contribution in [2.24, 2.45) is 5.92 Å².